The summed E-state index contributed by atoms with van der Waals surface area (Å²) >= 11 is 0. The third-order valence-electron chi connectivity index (χ3n) is 6.81. The van der Waals surface area contributed by atoms with Crippen molar-refractivity contribution >= 4 is 27.8 Å². The molecule has 1 saturated carbocycles. The smallest absolute Gasteiger partial charge is 0.338 e. The highest BCUT2D eigenvalue weighted by molar-refractivity contribution is 7.89. The first-order valence-electron chi connectivity index (χ1n) is 11.5. The number of benzene rings is 1. The molecule has 1 aromatic carbocycles. The molecule has 2 unspecified atom stereocenters. The van der Waals surface area contributed by atoms with Gasteiger partial charge in [0, 0.05) is 25.8 Å². The highest BCUT2D eigenvalue weighted by Crippen LogP contribution is 2.53. The Labute approximate surface area is 205 Å². The van der Waals surface area contributed by atoms with Gasteiger partial charge in [0.25, 0.3) is 11.8 Å². The molecule has 2 bridgehead atoms. The minimum absolute atomic E-state index is 0.0151. The van der Waals surface area contributed by atoms with Crippen molar-refractivity contribution in [3.05, 3.63) is 53.9 Å². The van der Waals surface area contributed by atoms with Crippen molar-refractivity contribution < 1.29 is 27.5 Å². The number of fused-ring (bicyclic) bond motifs is 2. The summed E-state index contributed by atoms with van der Waals surface area (Å²) in [5, 5.41) is 2.16. The maximum Gasteiger partial charge on any atom is 0.338 e. The van der Waals surface area contributed by atoms with Gasteiger partial charge < -0.3 is 9.30 Å². The number of carbonyl (C=O) groups is 3. The van der Waals surface area contributed by atoms with Gasteiger partial charge in [-0.3, -0.25) is 14.9 Å². The van der Waals surface area contributed by atoms with E-state index in [2.05, 4.69) is 26.1 Å². The summed E-state index contributed by atoms with van der Waals surface area (Å²) in [5.41, 5.74) is 0.295. The number of carbonyl (C=O) groups excluding carboxylic acids is 3. The van der Waals surface area contributed by atoms with Crippen LogP contribution in [0.4, 0.5) is 0 Å². The van der Waals surface area contributed by atoms with Gasteiger partial charge in [-0.2, -0.15) is 4.31 Å². The summed E-state index contributed by atoms with van der Waals surface area (Å²) in [7, 11) is -2.15. The number of hydrogen-bond acceptors (Lipinski definition) is 6. The quantitative estimate of drug-likeness (QED) is 0.609. The number of rotatable bonds is 6. The van der Waals surface area contributed by atoms with Crippen molar-refractivity contribution in [2.45, 2.75) is 51.0 Å². The first-order valence-corrected chi connectivity index (χ1v) is 13.0. The molecule has 10 heteroatoms. The van der Waals surface area contributed by atoms with E-state index in [4.69, 9.17) is 4.74 Å². The number of nitrogens with one attached hydrogen (secondary N) is 1. The van der Waals surface area contributed by atoms with E-state index < -0.39 is 34.4 Å². The number of sulfonamides is 1. The zero-order valence-electron chi connectivity index (χ0n) is 20.4. The number of hydrogen-bond donors (Lipinski definition) is 1. The Bertz CT molecular complexity index is 1280. The molecule has 1 saturated heterocycles. The van der Waals surface area contributed by atoms with Crippen LogP contribution in [-0.4, -0.2) is 54.3 Å². The summed E-state index contributed by atoms with van der Waals surface area (Å²) in [6.45, 7) is 6.26. The second-order valence-electron chi connectivity index (χ2n) is 10.7. The van der Waals surface area contributed by atoms with Gasteiger partial charge in [-0.25, -0.2) is 13.2 Å². The lowest BCUT2D eigenvalue weighted by atomic mass is 9.65. The number of nitrogens with zero attached hydrogens (tertiary/aromatic N) is 2. The molecule has 4 rings (SSSR count). The Morgan fingerprint density at radius 3 is 2.54 bits per heavy atom. The molecule has 9 nitrogen and oxygen atoms in total. The predicted molar refractivity (Wildman–Crippen MR) is 128 cm³/mol. The van der Waals surface area contributed by atoms with Crippen molar-refractivity contribution in [2.75, 3.05) is 13.2 Å². The Balaban J connectivity index is 1.42. The molecule has 1 aliphatic carbocycles. The standard InChI is InChI=1S/C25H31N3O6S/c1-24(2)12-18-13-25(3,15-24)16-28(18)35(32,33)19-8-5-7-17(11-19)23(31)34-14-21(29)26-22(30)20-9-6-10-27(20)4/h5-11,18H,12-16H2,1-4H3,(H,26,29,30). The maximum atomic E-state index is 13.5. The van der Waals surface area contributed by atoms with Crippen LogP contribution in [0.2, 0.25) is 0 Å². The lowest BCUT2D eigenvalue weighted by Crippen LogP contribution is -2.37. The first kappa shape index (κ1) is 25.1. The summed E-state index contributed by atoms with van der Waals surface area (Å²) in [4.78, 5) is 36.7. The van der Waals surface area contributed by atoms with Crippen LogP contribution in [0.25, 0.3) is 0 Å². The molecule has 2 aromatic rings. The molecule has 1 aliphatic heterocycles. The molecule has 2 atom stereocenters. The van der Waals surface area contributed by atoms with Crippen LogP contribution in [-0.2, 0) is 26.6 Å². The van der Waals surface area contributed by atoms with E-state index in [9.17, 15) is 22.8 Å². The van der Waals surface area contributed by atoms with Crippen LogP contribution in [0.3, 0.4) is 0 Å². The number of aryl methyl sites for hydroxylation is 1. The highest BCUT2D eigenvalue weighted by Gasteiger charge is 2.53. The van der Waals surface area contributed by atoms with Gasteiger partial charge in [-0.15, -0.1) is 0 Å². The van der Waals surface area contributed by atoms with E-state index in [-0.39, 0.29) is 33.0 Å². The van der Waals surface area contributed by atoms with E-state index in [1.807, 2.05) is 0 Å². The molecular formula is C25H31N3O6S. The van der Waals surface area contributed by atoms with Gasteiger partial charge in [0.2, 0.25) is 10.0 Å². The summed E-state index contributed by atoms with van der Waals surface area (Å²) in [6.07, 6.45) is 4.24. The SMILES string of the molecule is Cn1cccc1C(=O)NC(=O)COC(=O)c1cccc(S(=O)(=O)N2CC3(C)CC2CC(C)(C)C3)c1. The Morgan fingerprint density at radius 2 is 1.86 bits per heavy atom. The topological polar surface area (TPSA) is 115 Å². The van der Waals surface area contributed by atoms with Crippen molar-refractivity contribution in [3.8, 4) is 0 Å². The van der Waals surface area contributed by atoms with E-state index in [1.54, 1.807) is 34.2 Å². The van der Waals surface area contributed by atoms with Crippen LogP contribution in [0, 0.1) is 10.8 Å². The Hall–Kier alpha value is -2.98. The second kappa shape index (κ2) is 8.91. The monoisotopic (exact) mass is 501 g/mol. The lowest BCUT2D eigenvalue weighted by Gasteiger charge is -2.39. The molecule has 0 radical (unpaired) electrons. The minimum atomic E-state index is -3.81. The van der Waals surface area contributed by atoms with E-state index >= 15 is 0 Å². The van der Waals surface area contributed by atoms with Gasteiger partial charge in [0.1, 0.15) is 5.69 Å². The average Bonchev–Trinajstić information content (AvgIpc) is 3.31. The fourth-order valence-electron chi connectivity index (χ4n) is 5.75. The molecule has 0 spiro atoms. The van der Waals surface area contributed by atoms with Crippen molar-refractivity contribution in [1.82, 2.24) is 14.2 Å². The normalized spacial score (nSPS) is 23.6. The molecule has 188 valence electrons. The van der Waals surface area contributed by atoms with Gasteiger partial charge in [-0.1, -0.05) is 26.8 Å². The molecule has 1 aromatic heterocycles. The number of amides is 2. The number of ether oxygens (including phenoxy) is 1. The van der Waals surface area contributed by atoms with E-state index in [1.165, 1.54) is 24.3 Å². The van der Waals surface area contributed by atoms with Gasteiger partial charge >= 0.3 is 5.97 Å². The van der Waals surface area contributed by atoms with Crippen molar-refractivity contribution in [2.24, 2.45) is 17.9 Å². The fraction of sp³-hybridized carbons (Fsp3) is 0.480. The van der Waals surface area contributed by atoms with Crippen molar-refractivity contribution in [3.63, 3.8) is 0 Å². The predicted octanol–water partition coefficient (Wildman–Crippen LogP) is 2.73. The lowest BCUT2D eigenvalue weighted by molar-refractivity contribution is -0.123. The van der Waals surface area contributed by atoms with Crippen LogP contribution < -0.4 is 5.32 Å². The summed E-state index contributed by atoms with van der Waals surface area (Å²) in [6, 6.07) is 8.80. The third-order valence-corrected chi connectivity index (χ3v) is 8.70. The molecule has 2 fully saturated rings. The first-order chi connectivity index (χ1) is 16.3. The van der Waals surface area contributed by atoms with Crippen LogP contribution in [0.15, 0.2) is 47.5 Å². The van der Waals surface area contributed by atoms with Crippen LogP contribution in [0.5, 0.6) is 0 Å². The highest BCUT2D eigenvalue weighted by atomic mass is 32.2. The average molecular weight is 502 g/mol. The summed E-state index contributed by atoms with van der Waals surface area (Å²) < 4.78 is 35.2. The van der Waals surface area contributed by atoms with E-state index in [0.29, 0.717) is 6.54 Å². The molecule has 2 heterocycles. The minimum Gasteiger partial charge on any atom is -0.452 e. The third kappa shape index (κ3) is 5.18. The maximum absolute atomic E-state index is 13.5. The molecular weight excluding hydrogens is 470 g/mol. The number of aromatic nitrogens is 1. The second-order valence-corrected chi connectivity index (χ2v) is 12.6. The van der Waals surface area contributed by atoms with E-state index in [0.717, 1.165) is 19.3 Å². The van der Waals surface area contributed by atoms with Gasteiger partial charge in [0.05, 0.1) is 10.5 Å². The number of imide groups is 1. The van der Waals surface area contributed by atoms with Crippen LogP contribution in [0.1, 0.15) is 60.9 Å². The van der Waals surface area contributed by atoms with Crippen molar-refractivity contribution in [1.29, 1.82) is 0 Å². The Morgan fingerprint density at radius 1 is 1.11 bits per heavy atom. The number of esters is 1. The van der Waals surface area contributed by atoms with Gasteiger partial charge in [-0.05, 0) is 60.4 Å². The molecule has 2 amide bonds. The van der Waals surface area contributed by atoms with Gasteiger partial charge in [0.15, 0.2) is 6.61 Å². The zero-order valence-corrected chi connectivity index (χ0v) is 21.2. The largest absolute Gasteiger partial charge is 0.452 e. The zero-order chi connectivity index (χ0) is 25.6. The molecule has 35 heavy (non-hydrogen) atoms. The molecule has 1 N–H and O–H groups in total. The van der Waals surface area contributed by atoms with Crippen LogP contribution >= 0.6 is 0 Å². The summed E-state index contributed by atoms with van der Waals surface area (Å²) in [5.74, 6) is -2.25. The fourth-order valence-corrected chi connectivity index (χ4v) is 7.57. The molecule has 2 aliphatic rings. The Kier molecular flexibility index (Phi) is 6.39.